The minimum atomic E-state index is -1.30. The molecule has 1 aromatic carbocycles. The van der Waals surface area contributed by atoms with E-state index >= 15 is 0 Å². The Bertz CT molecular complexity index is 571. The summed E-state index contributed by atoms with van der Waals surface area (Å²) in [7, 11) is 0. The summed E-state index contributed by atoms with van der Waals surface area (Å²) in [6.07, 6.45) is 0. The van der Waals surface area contributed by atoms with E-state index in [1.807, 2.05) is 19.1 Å². The van der Waals surface area contributed by atoms with E-state index in [1.54, 1.807) is 19.1 Å². The Labute approximate surface area is 121 Å². The van der Waals surface area contributed by atoms with Crippen LogP contribution in [0.1, 0.15) is 25.0 Å². The number of carbonyl (C=O) groups excluding carboxylic acids is 2. The average molecular weight is 299 g/mol. The summed E-state index contributed by atoms with van der Waals surface area (Å²) in [5.74, 6) is -0.572. The molecule has 0 radical (unpaired) electrons. The highest BCUT2D eigenvalue weighted by Crippen LogP contribution is 2.39. The fraction of sp³-hybridized carbons (Fsp3) is 0.231. The summed E-state index contributed by atoms with van der Waals surface area (Å²) in [5, 5.41) is 0. The van der Waals surface area contributed by atoms with Crippen molar-refractivity contribution in [3.8, 4) is 0 Å². The van der Waals surface area contributed by atoms with E-state index < -0.39 is 17.5 Å². The third-order valence-electron chi connectivity index (χ3n) is 3.26. The number of amides is 3. The number of hydrogen-bond acceptors (Lipinski definition) is 2. The van der Waals surface area contributed by atoms with Gasteiger partial charge in [0, 0.05) is 23.6 Å². The van der Waals surface area contributed by atoms with Gasteiger partial charge in [-0.05, 0) is 25.0 Å². The summed E-state index contributed by atoms with van der Waals surface area (Å²) in [6.45, 7) is 7.28. The van der Waals surface area contributed by atoms with Gasteiger partial charge in [0.1, 0.15) is 0 Å². The number of allylic oxidation sites excluding steroid dienone is 1. The molecular formula is C13H12Cl2N2O2. The van der Waals surface area contributed by atoms with Gasteiger partial charge in [-0.25, -0.2) is 9.21 Å². The molecule has 2 rings (SSSR count). The van der Waals surface area contributed by atoms with Crippen molar-refractivity contribution in [2.75, 3.05) is 0 Å². The summed E-state index contributed by atoms with van der Waals surface area (Å²) in [6, 6.07) is 6.37. The number of rotatable bonds is 2. The topological polar surface area (TPSA) is 40.6 Å². The zero-order chi connectivity index (χ0) is 14.4. The molecule has 3 amide bonds. The highest BCUT2D eigenvalue weighted by atomic mass is 35.5. The van der Waals surface area contributed by atoms with E-state index in [2.05, 4.69) is 6.58 Å². The summed E-state index contributed by atoms with van der Waals surface area (Å²) in [5.41, 5.74) is 1.16. The van der Waals surface area contributed by atoms with Crippen molar-refractivity contribution in [1.82, 2.24) is 8.84 Å². The normalized spacial score (nSPS) is 23.2. The molecule has 1 aromatic rings. The number of benzene rings is 1. The first kappa shape index (κ1) is 13.9. The van der Waals surface area contributed by atoms with Crippen molar-refractivity contribution in [3.05, 3.63) is 42.0 Å². The van der Waals surface area contributed by atoms with E-state index in [0.717, 1.165) is 15.6 Å². The first-order valence-electron chi connectivity index (χ1n) is 5.57. The summed E-state index contributed by atoms with van der Waals surface area (Å²) < 4.78 is 1.32. The molecule has 1 aliphatic rings. The van der Waals surface area contributed by atoms with E-state index in [9.17, 15) is 9.59 Å². The number of urea groups is 1. The monoisotopic (exact) mass is 298 g/mol. The highest BCUT2D eigenvalue weighted by Gasteiger charge is 2.55. The molecule has 4 nitrogen and oxygen atoms in total. The first-order valence-corrected chi connectivity index (χ1v) is 6.24. The van der Waals surface area contributed by atoms with Gasteiger partial charge in [0.05, 0.1) is 0 Å². The zero-order valence-corrected chi connectivity index (χ0v) is 12.0. The molecule has 1 atom stereocenters. The number of hydrogen-bond donors (Lipinski definition) is 0. The minimum Gasteiger partial charge on any atom is -0.270 e. The van der Waals surface area contributed by atoms with Crippen LogP contribution >= 0.6 is 23.6 Å². The Balaban J connectivity index is 2.48. The van der Waals surface area contributed by atoms with Crippen molar-refractivity contribution in [1.29, 1.82) is 0 Å². The smallest absolute Gasteiger partial charge is 0.270 e. The van der Waals surface area contributed by atoms with Gasteiger partial charge in [0.25, 0.3) is 5.91 Å². The predicted octanol–water partition coefficient (Wildman–Crippen LogP) is 3.51. The van der Waals surface area contributed by atoms with Gasteiger partial charge < -0.3 is 0 Å². The average Bonchev–Trinajstić information content (AvgIpc) is 2.55. The highest BCUT2D eigenvalue weighted by molar-refractivity contribution is 6.39. The van der Waals surface area contributed by atoms with Gasteiger partial charge in [0.15, 0.2) is 5.54 Å². The van der Waals surface area contributed by atoms with Gasteiger partial charge in [0.2, 0.25) is 0 Å². The van der Waals surface area contributed by atoms with Gasteiger partial charge in [-0.3, -0.25) is 4.79 Å². The van der Waals surface area contributed by atoms with Crippen LogP contribution in [0.2, 0.25) is 0 Å². The maximum atomic E-state index is 12.1. The molecule has 0 saturated carbocycles. The molecule has 1 aliphatic heterocycles. The van der Waals surface area contributed by atoms with Gasteiger partial charge in [-0.1, -0.05) is 36.4 Å². The van der Waals surface area contributed by atoms with E-state index in [0.29, 0.717) is 9.98 Å². The molecule has 1 heterocycles. The lowest BCUT2D eigenvalue weighted by molar-refractivity contribution is -0.128. The largest absolute Gasteiger partial charge is 0.357 e. The Morgan fingerprint density at radius 1 is 1.21 bits per heavy atom. The zero-order valence-electron chi connectivity index (χ0n) is 10.5. The molecule has 100 valence electrons. The maximum Gasteiger partial charge on any atom is 0.357 e. The lowest BCUT2D eigenvalue weighted by Crippen LogP contribution is -2.38. The number of nitrogens with zero attached hydrogens (tertiary/aromatic N) is 2. The molecule has 0 aromatic heterocycles. The fourth-order valence-electron chi connectivity index (χ4n) is 1.95. The second kappa shape index (κ2) is 4.54. The van der Waals surface area contributed by atoms with Crippen LogP contribution in [0.25, 0.3) is 5.57 Å². The fourth-order valence-corrected chi connectivity index (χ4v) is 2.47. The number of imide groups is 1. The number of carbonyl (C=O) groups is 2. The van der Waals surface area contributed by atoms with Gasteiger partial charge >= 0.3 is 6.03 Å². The van der Waals surface area contributed by atoms with E-state index in [-0.39, 0.29) is 0 Å². The van der Waals surface area contributed by atoms with E-state index in [1.165, 1.54) is 0 Å². The second-order valence-corrected chi connectivity index (χ2v) is 5.26. The van der Waals surface area contributed by atoms with Gasteiger partial charge in [-0.15, -0.1) is 0 Å². The maximum absolute atomic E-state index is 12.1. The Hall–Kier alpha value is -1.52. The van der Waals surface area contributed by atoms with Crippen molar-refractivity contribution in [2.24, 2.45) is 0 Å². The second-order valence-electron chi connectivity index (χ2n) is 4.58. The molecular weight excluding hydrogens is 287 g/mol. The van der Waals surface area contributed by atoms with Crippen LogP contribution in [-0.2, 0) is 10.3 Å². The van der Waals surface area contributed by atoms with Crippen molar-refractivity contribution in [3.63, 3.8) is 0 Å². The third-order valence-corrected chi connectivity index (χ3v) is 4.04. The molecule has 19 heavy (non-hydrogen) atoms. The lowest BCUT2D eigenvalue weighted by Gasteiger charge is -2.26. The summed E-state index contributed by atoms with van der Waals surface area (Å²) >= 11 is 11.5. The van der Waals surface area contributed by atoms with Crippen LogP contribution in [-0.4, -0.2) is 20.8 Å². The molecule has 1 saturated heterocycles. The molecule has 0 aliphatic carbocycles. The molecule has 1 unspecified atom stereocenters. The summed E-state index contributed by atoms with van der Waals surface area (Å²) in [4.78, 5) is 23.7. The SMILES string of the molecule is C=C(C)c1ccc(C2(C)C(=O)N(Cl)C(=O)N2Cl)cc1. The van der Waals surface area contributed by atoms with Crippen LogP contribution in [0.4, 0.5) is 4.79 Å². The third kappa shape index (κ3) is 1.91. The Morgan fingerprint density at radius 3 is 2.11 bits per heavy atom. The molecule has 0 bridgehead atoms. The molecule has 1 fully saturated rings. The van der Waals surface area contributed by atoms with Crippen LogP contribution in [0, 0.1) is 0 Å². The van der Waals surface area contributed by atoms with Crippen molar-refractivity contribution in [2.45, 2.75) is 19.4 Å². The Morgan fingerprint density at radius 2 is 1.74 bits per heavy atom. The number of halogens is 2. The van der Waals surface area contributed by atoms with Crippen LogP contribution in [0.3, 0.4) is 0 Å². The first-order chi connectivity index (χ1) is 8.80. The standard InChI is InChI=1S/C13H12Cl2N2O2/c1-8(2)9-4-6-10(7-5-9)13(3)11(18)16(14)12(19)17(13)15/h4-7H,1H2,2-3H3. The Kier molecular flexibility index (Phi) is 3.32. The molecule has 6 heteroatoms. The van der Waals surface area contributed by atoms with Gasteiger partial charge in [-0.2, -0.15) is 4.42 Å². The molecule has 0 spiro atoms. The quantitative estimate of drug-likeness (QED) is 0.619. The van der Waals surface area contributed by atoms with E-state index in [4.69, 9.17) is 23.6 Å². The van der Waals surface area contributed by atoms with Crippen molar-refractivity contribution < 1.29 is 9.59 Å². The lowest BCUT2D eigenvalue weighted by atomic mass is 9.91. The van der Waals surface area contributed by atoms with Crippen LogP contribution < -0.4 is 0 Å². The van der Waals surface area contributed by atoms with Crippen LogP contribution in [0.15, 0.2) is 30.8 Å². The van der Waals surface area contributed by atoms with Crippen LogP contribution in [0.5, 0.6) is 0 Å². The molecule has 0 N–H and O–H groups in total. The minimum absolute atomic E-state index is 0.500. The van der Waals surface area contributed by atoms with Crippen molar-refractivity contribution >= 4 is 41.1 Å². The predicted molar refractivity (Wildman–Crippen MR) is 74.3 cm³/mol.